The Labute approximate surface area is 224 Å². The van der Waals surface area contributed by atoms with E-state index in [0.29, 0.717) is 26.9 Å². The van der Waals surface area contributed by atoms with Crippen LogP contribution in [0.5, 0.6) is 0 Å². The van der Waals surface area contributed by atoms with Gasteiger partial charge in [-0.05, 0) is 69.5 Å². The summed E-state index contributed by atoms with van der Waals surface area (Å²) < 4.78 is 28.8. The summed E-state index contributed by atoms with van der Waals surface area (Å²) in [6.07, 6.45) is 0. The highest BCUT2D eigenvalue weighted by atomic mass is 35.5. The molecule has 0 spiro atoms. The maximum Gasteiger partial charge on any atom is 0.304 e. The molecule has 2 aromatic rings. The van der Waals surface area contributed by atoms with E-state index in [1.165, 1.54) is 19.0 Å². The third-order valence-corrected chi connectivity index (χ3v) is 8.13. The maximum atomic E-state index is 13.7. The van der Waals surface area contributed by atoms with Crippen molar-refractivity contribution in [2.75, 3.05) is 24.9 Å². The Balaban J connectivity index is 2.53. The first-order valence-corrected chi connectivity index (χ1v) is 13.6. The van der Waals surface area contributed by atoms with Crippen molar-refractivity contribution in [1.29, 1.82) is 0 Å². The molecule has 2 amide bonds. The lowest BCUT2D eigenvalue weighted by molar-refractivity contribution is -0.139. The van der Waals surface area contributed by atoms with Crippen LogP contribution < -0.4 is 9.62 Å². The molecular formula is C25H34Cl2N4O4S. The van der Waals surface area contributed by atoms with E-state index in [1.807, 2.05) is 26.8 Å². The second-order valence-electron chi connectivity index (χ2n) is 9.20. The SMILES string of the molecule is Cc1ccc(C)c(N(CC(=O)N(Cc2ccc(Cl)c(Cl)c2)C(C)C(=O)NC(C)C)S(=O)(=O)N(C)C)c1. The van der Waals surface area contributed by atoms with Crippen molar-refractivity contribution in [2.24, 2.45) is 0 Å². The molecule has 8 nitrogen and oxygen atoms in total. The minimum absolute atomic E-state index is 0.0328. The number of hydrogen-bond acceptors (Lipinski definition) is 4. The highest BCUT2D eigenvalue weighted by molar-refractivity contribution is 7.90. The molecule has 0 bridgehead atoms. The first kappa shape index (κ1) is 29.9. The van der Waals surface area contributed by atoms with Crippen LogP contribution in [0.3, 0.4) is 0 Å². The summed E-state index contributed by atoms with van der Waals surface area (Å²) in [7, 11) is -1.22. The van der Waals surface area contributed by atoms with E-state index in [0.717, 1.165) is 14.2 Å². The average Bonchev–Trinajstić information content (AvgIpc) is 2.78. The van der Waals surface area contributed by atoms with Crippen LogP contribution in [0, 0.1) is 13.8 Å². The zero-order valence-electron chi connectivity index (χ0n) is 21.7. The summed E-state index contributed by atoms with van der Waals surface area (Å²) in [5, 5.41) is 3.49. The number of hydrogen-bond donors (Lipinski definition) is 1. The van der Waals surface area contributed by atoms with Crippen molar-refractivity contribution < 1.29 is 18.0 Å². The quantitative estimate of drug-likeness (QED) is 0.475. The molecule has 0 fully saturated rings. The Kier molecular flexibility index (Phi) is 10.2. The number of nitrogens with zero attached hydrogens (tertiary/aromatic N) is 3. The highest BCUT2D eigenvalue weighted by Crippen LogP contribution is 2.27. The van der Waals surface area contributed by atoms with Crippen LogP contribution in [0.25, 0.3) is 0 Å². The topological polar surface area (TPSA) is 90.0 Å². The predicted octanol–water partition coefficient (Wildman–Crippen LogP) is 4.16. The number of halogens is 2. The molecule has 198 valence electrons. The summed E-state index contributed by atoms with van der Waals surface area (Å²) in [5.41, 5.74) is 2.58. The summed E-state index contributed by atoms with van der Waals surface area (Å²) >= 11 is 12.2. The van der Waals surface area contributed by atoms with Crippen molar-refractivity contribution in [3.05, 3.63) is 63.1 Å². The molecule has 1 unspecified atom stereocenters. The van der Waals surface area contributed by atoms with Gasteiger partial charge < -0.3 is 10.2 Å². The van der Waals surface area contributed by atoms with Crippen LogP contribution in [0.2, 0.25) is 10.0 Å². The Morgan fingerprint density at radius 2 is 1.61 bits per heavy atom. The minimum Gasteiger partial charge on any atom is -0.352 e. The Hall–Kier alpha value is -2.33. The second kappa shape index (κ2) is 12.3. The Bertz CT molecular complexity index is 1220. The molecule has 1 atom stereocenters. The molecule has 2 rings (SSSR count). The van der Waals surface area contributed by atoms with E-state index in [1.54, 1.807) is 44.2 Å². The molecule has 0 aliphatic rings. The van der Waals surface area contributed by atoms with E-state index in [9.17, 15) is 18.0 Å². The monoisotopic (exact) mass is 556 g/mol. The van der Waals surface area contributed by atoms with E-state index < -0.39 is 28.7 Å². The van der Waals surface area contributed by atoms with Gasteiger partial charge in [0, 0.05) is 26.7 Å². The van der Waals surface area contributed by atoms with Gasteiger partial charge in [0.2, 0.25) is 11.8 Å². The van der Waals surface area contributed by atoms with Gasteiger partial charge in [-0.2, -0.15) is 12.7 Å². The molecule has 0 aliphatic heterocycles. The lowest BCUT2D eigenvalue weighted by Crippen LogP contribution is -2.53. The van der Waals surface area contributed by atoms with Crippen LogP contribution in [0.15, 0.2) is 36.4 Å². The standard InChI is InChI=1S/C25H34Cl2N4O4S/c1-16(2)28-25(33)19(5)30(14-20-10-11-21(26)22(27)13-20)24(32)15-31(36(34,35)29(6)7)23-12-17(3)8-9-18(23)4/h8-13,16,19H,14-15H2,1-7H3,(H,28,33). The van der Waals surface area contributed by atoms with E-state index in [4.69, 9.17) is 23.2 Å². The number of rotatable bonds is 10. The number of amides is 2. The lowest BCUT2D eigenvalue weighted by Gasteiger charge is -2.33. The predicted molar refractivity (Wildman–Crippen MR) is 146 cm³/mol. The molecule has 2 aromatic carbocycles. The van der Waals surface area contributed by atoms with Gasteiger partial charge in [0.15, 0.2) is 0 Å². The van der Waals surface area contributed by atoms with Crippen molar-refractivity contribution >= 4 is 50.9 Å². The number of carbonyl (C=O) groups is 2. The van der Waals surface area contributed by atoms with Gasteiger partial charge in [-0.15, -0.1) is 0 Å². The first-order chi connectivity index (χ1) is 16.6. The Morgan fingerprint density at radius 3 is 2.17 bits per heavy atom. The minimum atomic E-state index is -4.03. The molecule has 0 radical (unpaired) electrons. The lowest BCUT2D eigenvalue weighted by atomic mass is 10.1. The zero-order chi connectivity index (χ0) is 27.4. The van der Waals surface area contributed by atoms with Gasteiger partial charge >= 0.3 is 10.2 Å². The van der Waals surface area contributed by atoms with Gasteiger partial charge in [0.05, 0.1) is 15.7 Å². The molecule has 36 heavy (non-hydrogen) atoms. The first-order valence-electron chi connectivity index (χ1n) is 11.5. The van der Waals surface area contributed by atoms with Crippen LogP contribution >= 0.6 is 23.2 Å². The second-order valence-corrected chi connectivity index (χ2v) is 12.1. The summed E-state index contributed by atoms with van der Waals surface area (Å²) in [5.74, 6) is -0.897. The van der Waals surface area contributed by atoms with Crippen LogP contribution in [0.1, 0.15) is 37.5 Å². The molecule has 11 heteroatoms. The third-order valence-electron chi connectivity index (χ3n) is 5.59. The smallest absolute Gasteiger partial charge is 0.304 e. The van der Waals surface area contributed by atoms with Gasteiger partial charge in [-0.3, -0.25) is 9.59 Å². The maximum absolute atomic E-state index is 13.7. The van der Waals surface area contributed by atoms with E-state index >= 15 is 0 Å². The molecule has 0 aromatic heterocycles. The molecule has 0 saturated heterocycles. The summed E-state index contributed by atoms with van der Waals surface area (Å²) in [4.78, 5) is 28.0. The summed E-state index contributed by atoms with van der Waals surface area (Å²) in [6.45, 7) is 8.42. The van der Waals surface area contributed by atoms with Gasteiger partial charge in [0.1, 0.15) is 12.6 Å². The van der Waals surface area contributed by atoms with E-state index in [-0.39, 0.29) is 18.5 Å². The van der Waals surface area contributed by atoms with Gasteiger partial charge in [-0.1, -0.05) is 41.4 Å². The average molecular weight is 558 g/mol. The molecule has 0 aliphatic carbocycles. The van der Waals surface area contributed by atoms with E-state index in [2.05, 4.69) is 5.32 Å². The van der Waals surface area contributed by atoms with Crippen molar-refractivity contribution in [2.45, 2.75) is 53.2 Å². The van der Waals surface area contributed by atoms with Crippen LogP contribution in [-0.2, 0) is 26.3 Å². The number of benzene rings is 2. The largest absolute Gasteiger partial charge is 0.352 e. The fourth-order valence-electron chi connectivity index (χ4n) is 3.51. The normalized spacial score (nSPS) is 12.5. The highest BCUT2D eigenvalue weighted by Gasteiger charge is 2.33. The van der Waals surface area contributed by atoms with Crippen molar-refractivity contribution in [3.8, 4) is 0 Å². The number of nitrogens with one attached hydrogen (secondary N) is 1. The fraction of sp³-hybridized carbons (Fsp3) is 0.440. The van der Waals surface area contributed by atoms with Crippen molar-refractivity contribution in [3.63, 3.8) is 0 Å². The van der Waals surface area contributed by atoms with Crippen LogP contribution in [0.4, 0.5) is 5.69 Å². The van der Waals surface area contributed by atoms with Crippen LogP contribution in [-0.4, -0.2) is 62.2 Å². The third kappa shape index (κ3) is 7.35. The summed E-state index contributed by atoms with van der Waals surface area (Å²) in [6, 6.07) is 9.33. The Morgan fingerprint density at radius 1 is 0.972 bits per heavy atom. The van der Waals surface area contributed by atoms with Crippen molar-refractivity contribution in [1.82, 2.24) is 14.5 Å². The van der Waals surface area contributed by atoms with Gasteiger partial charge in [-0.25, -0.2) is 4.31 Å². The van der Waals surface area contributed by atoms with Gasteiger partial charge in [0.25, 0.3) is 0 Å². The molecular weight excluding hydrogens is 523 g/mol. The molecule has 0 heterocycles. The molecule has 0 saturated carbocycles. The zero-order valence-corrected chi connectivity index (χ0v) is 24.0. The number of carbonyl (C=O) groups excluding carboxylic acids is 2. The molecule has 1 N–H and O–H groups in total. The number of anilines is 1. The fourth-order valence-corrected chi connectivity index (χ4v) is 4.95. The number of aryl methyl sites for hydroxylation is 2.